The number of aliphatic hydroxyl groups is 1. The molecule has 1 N–H and O–H groups in total. The molecule has 92 valence electrons. The summed E-state index contributed by atoms with van der Waals surface area (Å²) < 4.78 is 27.0. The van der Waals surface area contributed by atoms with Crippen LogP contribution in [0.2, 0.25) is 0 Å². The summed E-state index contributed by atoms with van der Waals surface area (Å²) in [5.74, 6) is 0. The molecule has 2 atom stereocenters. The number of hydrogen-bond donors (Lipinski definition) is 1. The SMILES string of the molecule is CC(O)C(C)N1C=NS(=O)(=O)c2ccccc21. The highest BCUT2D eigenvalue weighted by molar-refractivity contribution is 7.90. The van der Waals surface area contributed by atoms with Gasteiger partial charge in [-0.1, -0.05) is 12.1 Å². The number of benzene rings is 1. The lowest BCUT2D eigenvalue weighted by molar-refractivity contribution is 0.171. The molecule has 0 amide bonds. The molecule has 0 spiro atoms. The molecule has 1 heterocycles. The third-order valence-corrected chi connectivity index (χ3v) is 4.14. The van der Waals surface area contributed by atoms with Crippen molar-refractivity contribution in [2.45, 2.75) is 30.9 Å². The molecule has 0 aliphatic carbocycles. The summed E-state index contributed by atoms with van der Waals surface area (Å²) in [4.78, 5) is 1.84. The number of hydrogen-bond acceptors (Lipinski definition) is 4. The molecule has 2 unspecified atom stereocenters. The molecular weight excluding hydrogens is 240 g/mol. The van der Waals surface area contributed by atoms with Gasteiger partial charge in [0.05, 0.1) is 17.8 Å². The van der Waals surface area contributed by atoms with Gasteiger partial charge in [-0.05, 0) is 26.0 Å². The van der Waals surface area contributed by atoms with Crippen LogP contribution in [0.4, 0.5) is 5.69 Å². The van der Waals surface area contributed by atoms with Crippen LogP contribution in [0.3, 0.4) is 0 Å². The smallest absolute Gasteiger partial charge is 0.285 e. The summed E-state index contributed by atoms with van der Waals surface area (Å²) in [5.41, 5.74) is 0.552. The monoisotopic (exact) mass is 254 g/mol. The summed E-state index contributed by atoms with van der Waals surface area (Å²) in [6, 6.07) is 6.40. The maximum Gasteiger partial charge on any atom is 0.285 e. The maximum atomic E-state index is 11.7. The van der Waals surface area contributed by atoms with E-state index >= 15 is 0 Å². The Morgan fingerprint density at radius 3 is 2.59 bits per heavy atom. The van der Waals surface area contributed by atoms with E-state index in [9.17, 15) is 13.5 Å². The van der Waals surface area contributed by atoms with Crippen molar-refractivity contribution in [1.29, 1.82) is 0 Å². The minimum absolute atomic E-state index is 0.176. The first-order valence-corrected chi connectivity index (χ1v) is 6.73. The van der Waals surface area contributed by atoms with Crippen LogP contribution in [-0.4, -0.2) is 32.0 Å². The van der Waals surface area contributed by atoms with Crippen LogP contribution in [0.1, 0.15) is 13.8 Å². The third-order valence-electron chi connectivity index (χ3n) is 2.87. The molecule has 2 rings (SSSR count). The molecule has 0 radical (unpaired) electrons. The first kappa shape index (κ1) is 12.1. The van der Waals surface area contributed by atoms with Crippen molar-refractivity contribution in [3.8, 4) is 0 Å². The van der Waals surface area contributed by atoms with Crippen LogP contribution in [0.15, 0.2) is 33.6 Å². The van der Waals surface area contributed by atoms with Gasteiger partial charge in [-0.3, -0.25) is 0 Å². The maximum absolute atomic E-state index is 11.7. The molecule has 0 fully saturated rings. The first-order chi connectivity index (χ1) is 7.93. The fourth-order valence-electron chi connectivity index (χ4n) is 1.68. The summed E-state index contributed by atoms with van der Waals surface area (Å²) in [5, 5.41) is 9.58. The molecule has 6 heteroatoms. The van der Waals surface area contributed by atoms with Gasteiger partial charge in [0.1, 0.15) is 11.2 Å². The Hall–Kier alpha value is -1.40. The average molecular weight is 254 g/mol. The van der Waals surface area contributed by atoms with E-state index < -0.39 is 16.1 Å². The van der Waals surface area contributed by atoms with Crippen LogP contribution < -0.4 is 4.90 Å². The average Bonchev–Trinajstić information content (AvgIpc) is 2.28. The van der Waals surface area contributed by atoms with Crippen LogP contribution in [0.25, 0.3) is 0 Å². The molecule has 0 aromatic heterocycles. The van der Waals surface area contributed by atoms with Gasteiger partial charge in [-0.2, -0.15) is 8.42 Å². The van der Waals surface area contributed by atoms with Crippen LogP contribution >= 0.6 is 0 Å². The highest BCUT2D eigenvalue weighted by atomic mass is 32.2. The van der Waals surface area contributed by atoms with Crippen molar-refractivity contribution in [2.24, 2.45) is 4.40 Å². The molecular formula is C11H14N2O3S. The molecule has 1 aliphatic heterocycles. The van der Waals surface area contributed by atoms with E-state index in [2.05, 4.69) is 4.40 Å². The zero-order valence-electron chi connectivity index (χ0n) is 9.61. The number of aliphatic hydroxyl groups excluding tert-OH is 1. The van der Waals surface area contributed by atoms with Crippen LogP contribution in [0.5, 0.6) is 0 Å². The summed E-state index contributed by atoms with van der Waals surface area (Å²) in [6.07, 6.45) is 0.671. The fourth-order valence-corrected chi connectivity index (χ4v) is 2.70. The lowest BCUT2D eigenvalue weighted by Crippen LogP contribution is -2.41. The molecule has 0 saturated carbocycles. The fraction of sp³-hybridized carbons (Fsp3) is 0.364. The van der Waals surface area contributed by atoms with E-state index in [1.54, 1.807) is 30.0 Å². The highest BCUT2D eigenvalue weighted by Crippen LogP contribution is 2.30. The number of nitrogens with zero attached hydrogens (tertiary/aromatic N) is 2. The van der Waals surface area contributed by atoms with E-state index in [1.807, 2.05) is 6.92 Å². The minimum atomic E-state index is -3.59. The van der Waals surface area contributed by atoms with Gasteiger partial charge in [-0.25, -0.2) is 0 Å². The Morgan fingerprint density at radius 2 is 1.94 bits per heavy atom. The molecule has 1 aliphatic rings. The van der Waals surface area contributed by atoms with Crippen molar-refractivity contribution in [1.82, 2.24) is 0 Å². The third kappa shape index (κ3) is 2.05. The zero-order valence-corrected chi connectivity index (χ0v) is 10.4. The van der Waals surface area contributed by atoms with Gasteiger partial charge in [0.25, 0.3) is 10.0 Å². The Kier molecular flexibility index (Phi) is 2.92. The van der Waals surface area contributed by atoms with Gasteiger partial charge in [0.2, 0.25) is 0 Å². The first-order valence-electron chi connectivity index (χ1n) is 5.29. The van der Waals surface area contributed by atoms with Gasteiger partial charge in [-0.15, -0.1) is 4.40 Å². The largest absolute Gasteiger partial charge is 0.391 e. The lowest BCUT2D eigenvalue weighted by Gasteiger charge is -2.32. The zero-order chi connectivity index (χ0) is 12.6. The Bertz CT molecular complexity index is 552. The van der Waals surface area contributed by atoms with E-state index in [4.69, 9.17) is 0 Å². The van der Waals surface area contributed by atoms with E-state index in [1.165, 1.54) is 12.4 Å². The standard InChI is InChI=1S/C11H14N2O3S/c1-8(9(2)14)13-7-12-17(15,16)11-6-4-3-5-10(11)13/h3-9,14H,1-2H3. The number of rotatable bonds is 2. The topological polar surface area (TPSA) is 70.0 Å². The van der Waals surface area contributed by atoms with Crippen molar-refractivity contribution < 1.29 is 13.5 Å². The van der Waals surface area contributed by atoms with Gasteiger partial charge >= 0.3 is 0 Å². The second-order valence-corrected chi connectivity index (χ2v) is 5.65. The van der Waals surface area contributed by atoms with Gasteiger partial charge in [0, 0.05) is 0 Å². The van der Waals surface area contributed by atoms with Crippen LogP contribution in [0, 0.1) is 0 Å². The number of sulfonamides is 1. The molecule has 17 heavy (non-hydrogen) atoms. The number of fused-ring (bicyclic) bond motifs is 1. The number of para-hydroxylation sites is 1. The van der Waals surface area contributed by atoms with Crippen molar-refractivity contribution in [2.75, 3.05) is 4.90 Å². The molecule has 0 saturated heterocycles. The van der Waals surface area contributed by atoms with Crippen molar-refractivity contribution in [3.05, 3.63) is 24.3 Å². The Labute approximate surface area is 100 Å². The van der Waals surface area contributed by atoms with Gasteiger partial charge < -0.3 is 10.0 Å². The summed E-state index contributed by atoms with van der Waals surface area (Å²) >= 11 is 0. The van der Waals surface area contributed by atoms with E-state index in [0.29, 0.717) is 5.69 Å². The quantitative estimate of drug-likeness (QED) is 0.854. The predicted octanol–water partition coefficient (Wildman–Crippen LogP) is 0.993. The van der Waals surface area contributed by atoms with E-state index in [0.717, 1.165) is 0 Å². The summed E-state index contributed by atoms with van der Waals surface area (Å²) in [6.45, 7) is 3.47. The molecule has 1 aromatic rings. The Balaban J connectivity index is 2.55. The molecule has 0 bridgehead atoms. The second-order valence-electron chi connectivity index (χ2n) is 4.05. The molecule has 5 nitrogen and oxygen atoms in total. The minimum Gasteiger partial charge on any atom is -0.391 e. The van der Waals surface area contributed by atoms with Gasteiger partial charge in [0.15, 0.2) is 0 Å². The van der Waals surface area contributed by atoms with Crippen LogP contribution in [-0.2, 0) is 10.0 Å². The predicted molar refractivity (Wildman–Crippen MR) is 65.7 cm³/mol. The molecule has 1 aromatic carbocycles. The lowest BCUT2D eigenvalue weighted by atomic mass is 10.1. The van der Waals surface area contributed by atoms with Crippen molar-refractivity contribution >= 4 is 22.0 Å². The summed E-state index contributed by atoms with van der Waals surface area (Å²) in [7, 11) is -3.59. The van der Waals surface area contributed by atoms with Crippen molar-refractivity contribution in [3.63, 3.8) is 0 Å². The second kappa shape index (κ2) is 4.12. The Morgan fingerprint density at radius 1 is 1.29 bits per heavy atom. The number of anilines is 1. The highest BCUT2D eigenvalue weighted by Gasteiger charge is 2.28. The van der Waals surface area contributed by atoms with E-state index in [-0.39, 0.29) is 10.9 Å². The normalized spacial score (nSPS) is 20.8.